The van der Waals surface area contributed by atoms with E-state index in [0.29, 0.717) is 5.13 Å². The molecular weight excluding hydrogens is 238 g/mol. The average molecular weight is 249 g/mol. The minimum Gasteiger partial charge on any atom is -0.507 e. The molecule has 1 aromatic heterocycles. The van der Waals surface area contributed by atoms with Crippen LogP contribution in [0.4, 0.5) is 5.13 Å². The Hall–Kier alpha value is -1.95. The number of hydrogen-bond donors (Lipinski definition) is 2. The lowest BCUT2D eigenvalue weighted by molar-refractivity contribution is 0.102. The predicted octanol–water partition coefficient (Wildman–Crippen LogP) is 2.11. The zero-order valence-electron chi connectivity index (χ0n) is 9.39. The first-order valence-corrected chi connectivity index (χ1v) is 5.79. The first-order chi connectivity index (χ1) is 8.06. The quantitative estimate of drug-likeness (QED) is 0.854. The summed E-state index contributed by atoms with van der Waals surface area (Å²) in [5.41, 5.74) is 1.12. The summed E-state index contributed by atoms with van der Waals surface area (Å²) in [6.45, 7) is 3.65. The second-order valence-electron chi connectivity index (χ2n) is 3.60. The zero-order chi connectivity index (χ0) is 12.4. The van der Waals surface area contributed by atoms with Crippen molar-refractivity contribution in [3.05, 3.63) is 34.3 Å². The molecule has 17 heavy (non-hydrogen) atoms. The molecule has 0 aliphatic carbocycles. The van der Waals surface area contributed by atoms with Crippen LogP contribution in [-0.2, 0) is 0 Å². The molecule has 0 unspecified atom stereocenters. The van der Waals surface area contributed by atoms with Crippen LogP contribution in [0.25, 0.3) is 0 Å². The lowest BCUT2D eigenvalue weighted by Crippen LogP contribution is -2.11. The fourth-order valence-electron chi connectivity index (χ4n) is 1.35. The second kappa shape index (κ2) is 4.50. The predicted molar refractivity (Wildman–Crippen MR) is 65.4 cm³/mol. The number of nitrogens with one attached hydrogen (secondary N) is 1. The number of carbonyl (C=O) groups is 1. The summed E-state index contributed by atoms with van der Waals surface area (Å²) in [7, 11) is 0. The summed E-state index contributed by atoms with van der Waals surface area (Å²) in [6, 6.07) is 4.88. The Kier molecular flexibility index (Phi) is 3.06. The molecule has 6 heteroatoms. The van der Waals surface area contributed by atoms with Crippen molar-refractivity contribution >= 4 is 22.4 Å². The highest BCUT2D eigenvalue weighted by atomic mass is 32.1. The smallest absolute Gasteiger partial charge is 0.261 e. The highest BCUT2D eigenvalue weighted by Crippen LogP contribution is 2.21. The van der Waals surface area contributed by atoms with Gasteiger partial charge >= 0.3 is 0 Å². The molecule has 0 aliphatic rings. The molecule has 0 fully saturated rings. The fourth-order valence-corrected chi connectivity index (χ4v) is 1.93. The van der Waals surface area contributed by atoms with Gasteiger partial charge in [-0.15, -0.1) is 10.2 Å². The van der Waals surface area contributed by atoms with Crippen LogP contribution in [0.2, 0.25) is 0 Å². The molecule has 2 N–H and O–H groups in total. The van der Waals surface area contributed by atoms with Gasteiger partial charge in [0.25, 0.3) is 5.91 Å². The SMILES string of the molecule is Cc1ccc(C(=O)Nc2nnc(C)s2)c(O)c1. The van der Waals surface area contributed by atoms with E-state index in [0.717, 1.165) is 10.6 Å². The van der Waals surface area contributed by atoms with E-state index in [1.165, 1.54) is 11.3 Å². The molecule has 5 nitrogen and oxygen atoms in total. The molecule has 0 saturated heterocycles. The van der Waals surface area contributed by atoms with Gasteiger partial charge in [-0.25, -0.2) is 0 Å². The fraction of sp³-hybridized carbons (Fsp3) is 0.182. The van der Waals surface area contributed by atoms with Crippen molar-refractivity contribution < 1.29 is 9.90 Å². The third-order valence-electron chi connectivity index (χ3n) is 2.14. The Bertz CT molecular complexity index is 566. The van der Waals surface area contributed by atoms with E-state index in [-0.39, 0.29) is 11.3 Å². The van der Waals surface area contributed by atoms with Crippen LogP contribution in [-0.4, -0.2) is 21.2 Å². The third-order valence-corrected chi connectivity index (χ3v) is 2.90. The van der Waals surface area contributed by atoms with Gasteiger partial charge in [0.15, 0.2) is 0 Å². The van der Waals surface area contributed by atoms with E-state index in [9.17, 15) is 9.90 Å². The molecule has 0 radical (unpaired) electrons. The summed E-state index contributed by atoms with van der Waals surface area (Å²) in [4.78, 5) is 11.8. The number of phenols is 1. The van der Waals surface area contributed by atoms with Crippen molar-refractivity contribution in [2.75, 3.05) is 5.32 Å². The van der Waals surface area contributed by atoms with E-state index in [1.807, 2.05) is 6.92 Å². The van der Waals surface area contributed by atoms with Crippen molar-refractivity contribution in [3.8, 4) is 5.75 Å². The number of phenolic OH excluding ortho intramolecular Hbond substituents is 1. The van der Waals surface area contributed by atoms with Gasteiger partial charge in [0, 0.05) is 0 Å². The van der Waals surface area contributed by atoms with Gasteiger partial charge in [0.1, 0.15) is 10.8 Å². The summed E-state index contributed by atoms with van der Waals surface area (Å²) >= 11 is 1.28. The molecule has 2 aromatic rings. The van der Waals surface area contributed by atoms with Gasteiger partial charge in [-0.2, -0.15) is 0 Å². The van der Waals surface area contributed by atoms with E-state index in [1.54, 1.807) is 25.1 Å². The lowest BCUT2D eigenvalue weighted by Gasteiger charge is -2.04. The number of amides is 1. The monoisotopic (exact) mass is 249 g/mol. The van der Waals surface area contributed by atoms with Crippen LogP contribution in [0.3, 0.4) is 0 Å². The van der Waals surface area contributed by atoms with Crippen LogP contribution in [0.1, 0.15) is 20.9 Å². The van der Waals surface area contributed by atoms with Crippen LogP contribution < -0.4 is 5.32 Å². The molecule has 1 heterocycles. The van der Waals surface area contributed by atoms with Gasteiger partial charge < -0.3 is 5.11 Å². The van der Waals surface area contributed by atoms with Crippen LogP contribution in [0, 0.1) is 13.8 Å². The Labute approximate surface area is 102 Å². The highest BCUT2D eigenvalue weighted by Gasteiger charge is 2.12. The van der Waals surface area contributed by atoms with Gasteiger partial charge in [0.05, 0.1) is 5.56 Å². The van der Waals surface area contributed by atoms with Crippen molar-refractivity contribution in [1.82, 2.24) is 10.2 Å². The van der Waals surface area contributed by atoms with E-state index in [4.69, 9.17) is 0 Å². The maximum Gasteiger partial charge on any atom is 0.261 e. The summed E-state index contributed by atoms with van der Waals surface area (Å²) in [6.07, 6.45) is 0. The first-order valence-electron chi connectivity index (χ1n) is 4.97. The van der Waals surface area contributed by atoms with Crippen LogP contribution >= 0.6 is 11.3 Å². The minimum absolute atomic E-state index is 0.0382. The summed E-state index contributed by atoms with van der Waals surface area (Å²) < 4.78 is 0. The topological polar surface area (TPSA) is 75.1 Å². The number of rotatable bonds is 2. The average Bonchev–Trinajstić information content (AvgIpc) is 2.63. The number of anilines is 1. The molecule has 0 bridgehead atoms. The maximum absolute atomic E-state index is 11.8. The first kappa shape index (κ1) is 11.5. The Morgan fingerprint density at radius 2 is 2.12 bits per heavy atom. The largest absolute Gasteiger partial charge is 0.507 e. The lowest BCUT2D eigenvalue weighted by atomic mass is 10.1. The molecule has 1 amide bonds. The minimum atomic E-state index is -0.390. The third kappa shape index (κ3) is 2.59. The molecule has 2 rings (SSSR count). The highest BCUT2D eigenvalue weighted by molar-refractivity contribution is 7.15. The Morgan fingerprint density at radius 1 is 1.35 bits per heavy atom. The molecule has 0 atom stereocenters. The molecule has 0 spiro atoms. The molecular formula is C11H11N3O2S. The van der Waals surface area contributed by atoms with Crippen molar-refractivity contribution in [1.29, 1.82) is 0 Å². The van der Waals surface area contributed by atoms with Crippen molar-refractivity contribution in [3.63, 3.8) is 0 Å². The molecule has 88 valence electrons. The zero-order valence-corrected chi connectivity index (χ0v) is 10.2. The number of carbonyl (C=O) groups excluding carboxylic acids is 1. The number of nitrogens with zero attached hydrogens (tertiary/aromatic N) is 2. The Balaban J connectivity index is 2.20. The number of benzene rings is 1. The van der Waals surface area contributed by atoms with Gasteiger partial charge in [-0.05, 0) is 31.5 Å². The van der Waals surface area contributed by atoms with E-state index >= 15 is 0 Å². The van der Waals surface area contributed by atoms with Gasteiger partial charge in [0.2, 0.25) is 5.13 Å². The molecule has 0 saturated carbocycles. The number of aromatic nitrogens is 2. The van der Waals surface area contributed by atoms with Gasteiger partial charge in [-0.1, -0.05) is 17.4 Å². The van der Waals surface area contributed by atoms with Crippen LogP contribution in [0.15, 0.2) is 18.2 Å². The second-order valence-corrected chi connectivity index (χ2v) is 4.78. The Morgan fingerprint density at radius 3 is 2.71 bits per heavy atom. The number of aromatic hydroxyl groups is 1. The van der Waals surface area contributed by atoms with E-state index < -0.39 is 5.91 Å². The summed E-state index contributed by atoms with van der Waals surface area (Å²) in [5.74, 6) is -0.428. The van der Waals surface area contributed by atoms with Crippen molar-refractivity contribution in [2.45, 2.75) is 13.8 Å². The molecule has 1 aromatic carbocycles. The van der Waals surface area contributed by atoms with Gasteiger partial charge in [-0.3, -0.25) is 10.1 Å². The summed E-state index contributed by atoms with van der Waals surface area (Å²) in [5, 5.41) is 21.0. The maximum atomic E-state index is 11.8. The molecule has 0 aliphatic heterocycles. The van der Waals surface area contributed by atoms with Crippen molar-refractivity contribution in [2.24, 2.45) is 0 Å². The van der Waals surface area contributed by atoms with E-state index in [2.05, 4.69) is 15.5 Å². The normalized spacial score (nSPS) is 10.2. The number of aryl methyl sites for hydroxylation is 2. The van der Waals surface area contributed by atoms with Crippen LogP contribution in [0.5, 0.6) is 5.75 Å². The number of hydrogen-bond acceptors (Lipinski definition) is 5. The standard InChI is InChI=1S/C11H11N3O2S/c1-6-3-4-8(9(15)5-6)10(16)12-11-14-13-7(2)17-11/h3-5,15H,1-2H3,(H,12,14,16).